The van der Waals surface area contributed by atoms with E-state index in [4.69, 9.17) is 14.9 Å². The predicted molar refractivity (Wildman–Crippen MR) is 52.4 cm³/mol. The number of aliphatic hydroxyl groups excluding tert-OH is 1. The van der Waals surface area contributed by atoms with Gasteiger partial charge in [0.05, 0.1) is 6.61 Å². The normalized spacial score (nSPS) is 15.2. The van der Waals surface area contributed by atoms with Crippen LogP contribution in [0.2, 0.25) is 0 Å². The van der Waals surface area contributed by atoms with Crippen LogP contribution >= 0.6 is 0 Å². The highest BCUT2D eigenvalue weighted by molar-refractivity contribution is 5.66. The molecule has 18 heavy (non-hydrogen) atoms. The largest absolute Gasteiger partial charge is 0.476 e. The lowest BCUT2D eigenvalue weighted by Crippen LogP contribution is -2.43. The van der Waals surface area contributed by atoms with Crippen LogP contribution in [0.5, 0.6) is 5.88 Å². The van der Waals surface area contributed by atoms with Gasteiger partial charge in [-0.1, -0.05) is 0 Å². The molecule has 1 rings (SSSR count). The van der Waals surface area contributed by atoms with Crippen molar-refractivity contribution in [1.29, 1.82) is 0 Å². The van der Waals surface area contributed by atoms with E-state index in [1.807, 2.05) is 0 Å². The van der Waals surface area contributed by atoms with E-state index in [1.54, 1.807) is 0 Å². The van der Waals surface area contributed by atoms with Gasteiger partial charge in [0.1, 0.15) is 12.0 Å². The topological polar surface area (TPSA) is 84.6 Å². The second-order valence-electron chi connectivity index (χ2n) is 3.89. The molecule has 0 amide bonds. The lowest BCUT2D eigenvalue weighted by Gasteiger charge is -2.29. The van der Waals surface area contributed by atoms with Gasteiger partial charge in [0.25, 0.3) is 0 Å². The van der Waals surface area contributed by atoms with E-state index in [0.29, 0.717) is 4.68 Å². The van der Waals surface area contributed by atoms with E-state index in [9.17, 15) is 18.0 Å². The average Bonchev–Trinajstić information content (AvgIpc) is 2.73. The summed E-state index contributed by atoms with van der Waals surface area (Å²) in [6, 6.07) is 1.11. The summed E-state index contributed by atoms with van der Waals surface area (Å²) in [7, 11) is 0. The molecule has 9 heteroatoms. The Morgan fingerprint density at radius 2 is 2.17 bits per heavy atom. The number of alkyl halides is 3. The summed E-state index contributed by atoms with van der Waals surface area (Å²) >= 11 is 0. The third kappa shape index (κ3) is 2.92. The van der Waals surface area contributed by atoms with E-state index in [1.165, 1.54) is 0 Å². The number of aromatic nitrogens is 2. The van der Waals surface area contributed by atoms with Gasteiger partial charge in [-0.25, -0.2) is 4.79 Å². The summed E-state index contributed by atoms with van der Waals surface area (Å²) in [5.74, 6) is -0.263. The number of ether oxygens (including phenoxy) is 1. The van der Waals surface area contributed by atoms with Crippen LogP contribution in [-0.2, 0) is 0 Å². The van der Waals surface area contributed by atoms with E-state index >= 15 is 0 Å². The van der Waals surface area contributed by atoms with Crippen LogP contribution in [0, 0.1) is 5.41 Å². The number of hydrogen-bond acceptors (Lipinski definition) is 4. The quantitative estimate of drug-likeness (QED) is 0.861. The monoisotopic (exact) mass is 268 g/mol. The van der Waals surface area contributed by atoms with Crippen LogP contribution in [0.25, 0.3) is 0 Å². The van der Waals surface area contributed by atoms with Crippen molar-refractivity contribution in [3.63, 3.8) is 0 Å². The third-order valence-electron chi connectivity index (χ3n) is 2.33. The first kappa shape index (κ1) is 14.3. The number of halogens is 3. The smallest absolute Gasteiger partial charge is 0.432 e. The first-order chi connectivity index (χ1) is 8.19. The molecule has 1 heterocycles. The van der Waals surface area contributed by atoms with Crippen LogP contribution in [0.1, 0.15) is 6.92 Å². The molecule has 6 nitrogen and oxygen atoms in total. The van der Waals surface area contributed by atoms with Crippen molar-refractivity contribution in [1.82, 2.24) is 9.78 Å². The highest BCUT2D eigenvalue weighted by atomic mass is 19.4. The summed E-state index contributed by atoms with van der Waals surface area (Å²) in [5.41, 5.74) is -2.43. The van der Waals surface area contributed by atoms with Crippen molar-refractivity contribution in [3.8, 4) is 5.88 Å². The second kappa shape index (κ2) is 4.84. The average molecular weight is 268 g/mol. The zero-order valence-electron chi connectivity index (χ0n) is 9.31. The summed E-state index contributed by atoms with van der Waals surface area (Å²) in [4.78, 5) is 10.5. The SMILES string of the molecule is CC(CO)(COc1ccn(C(=O)O)n1)C(F)(F)F. The van der Waals surface area contributed by atoms with Crippen LogP contribution in [-0.4, -0.2) is 45.5 Å². The fourth-order valence-corrected chi connectivity index (χ4v) is 0.941. The molecule has 0 aliphatic rings. The molecule has 0 saturated carbocycles. The van der Waals surface area contributed by atoms with Gasteiger partial charge in [-0.2, -0.15) is 17.9 Å². The molecule has 1 unspecified atom stereocenters. The lowest BCUT2D eigenvalue weighted by atomic mass is 9.92. The van der Waals surface area contributed by atoms with Crippen molar-refractivity contribution in [2.24, 2.45) is 5.41 Å². The molecule has 0 saturated heterocycles. The summed E-state index contributed by atoms with van der Waals surface area (Å²) in [6.07, 6.45) is -5.00. The molecule has 0 spiro atoms. The van der Waals surface area contributed by atoms with Gasteiger partial charge in [0, 0.05) is 12.3 Å². The maximum atomic E-state index is 12.6. The molecule has 0 aliphatic carbocycles. The molecule has 0 fully saturated rings. The van der Waals surface area contributed by atoms with E-state index in [2.05, 4.69) is 5.10 Å². The minimum atomic E-state index is -4.64. The van der Waals surface area contributed by atoms with Gasteiger partial charge >= 0.3 is 12.3 Å². The fourth-order valence-electron chi connectivity index (χ4n) is 0.941. The molecular formula is C9H11F3N2O4. The zero-order chi connectivity index (χ0) is 14.0. The predicted octanol–water partition coefficient (Wildman–Crippen LogP) is 1.35. The molecule has 1 aromatic rings. The molecular weight excluding hydrogens is 257 g/mol. The number of carbonyl (C=O) groups is 1. The molecule has 0 aliphatic heterocycles. The molecule has 2 N–H and O–H groups in total. The highest BCUT2D eigenvalue weighted by Gasteiger charge is 2.51. The van der Waals surface area contributed by atoms with Crippen molar-refractivity contribution >= 4 is 6.09 Å². The maximum Gasteiger partial charge on any atom is 0.432 e. The Hall–Kier alpha value is -1.77. The molecule has 0 aromatic carbocycles. The summed E-state index contributed by atoms with van der Waals surface area (Å²) in [5, 5.41) is 20.7. The van der Waals surface area contributed by atoms with E-state index in [-0.39, 0.29) is 5.88 Å². The van der Waals surface area contributed by atoms with Crippen molar-refractivity contribution in [3.05, 3.63) is 12.3 Å². The third-order valence-corrected chi connectivity index (χ3v) is 2.33. The van der Waals surface area contributed by atoms with Gasteiger partial charge in [-0.05, 0) is 6.92 Å². The number of hydrogen-bond donors (Lipinski definition) is 2. The maximum absolute atomic E-state index is 12.6. The van der Waals surface area contributed by atoms with Crippen LogP contribution in [0.15, 0.2) is 12.3 Å². The Morgan fingerprint density at radius 3 is 2.56 bits per heavy atom. The van der Waals surface area contributed by atoms with Crippen LogP contribution in [0.4, 0.5) is 18.0 Å². The number of rotatable bonds is 4. The van der Waals surface area contributed by atoms with Gasteiger partial charge in [-0.3, -0.25) is 0 Å². The second-order valence-corrected chi connectivity index (χ2v) is 3.89. The minimum Gasteiger partial charge on any atom is -0.476 e. The Kier molecular flexibility index (Phi) is 3.85. The van der Waals surface area contributed by atoms with Crippen LogP contribution in [0.3, 0.4) is 0 Å². The number of nitrogens with zero attached hydrogens (tertiary/aromatic N) is 2. The highest BCUT2D eigenvalue weighted by Crippen LogP contribution is 2.37. The molecule has 1 aromatic heterocycles. The molecule has 1 atom stereocenters. The van der Waals surface area contributed by atoms with Gasteiger partial charge in [0.2, 0.25) is 5.88 Å². The standard InChI is InChI=1S/C9H11F3N2O4/c1-8(4-15,9(10,11)12)5-18-6-2-3-14(13-6)7(16)17/h2-3,15H,4-5H2,1H3,(H,16,17). The number of aliphatic hydroxyl groups is 1. The van der Waals surface area contributed by atoms with E-state index in [0.717, 1.165) is 19.2 Å². The van der Waals surface area contributed by atoms with Gasteiger partial charge < -0.3 is 14.9 Å². The molecule has 0 radical (unpaired) electrons. The first-order valence-electron chi connectivity index (χ1n) is 4.79. The Bertz CT molecular complexity index is 432. The fraction of sp³-hybridized carbons (Fsp3) is 0.556. The summed E-state index contributed by atoms with van der Waals surface area (Å²) < 4.78 is 43.0. The first-order valence-corrected chi connectivity index (χ1v) is 4.79. The van der Waals surface area contributed by atoms with Crippen molar-refractivity contribution < 1.29 is 32.9 Å². The zero-order valence-corrected chi connectivity index (χ0v) is 9.31. The Balaban J connectivity index is 2.71. The van der Waals surface area contributed by atoms with Crippen LogP contribution < -0.4 is 4.74 Å². The van der Waals surface area contributed by atoms with Crippen molar-refractivity contribution in [2.75, 3.05) is 13.2 Å². The Labute approximate surface area is 99.6 Å². The minimum absolute atomic E-state index is 0.263. The molecule has 102 valence electrons. The number of carboxylic acid groups (broad SMARTS) is 1. The summed E-state index contributed by atoms with van der Waals surface area (Å²) in [6.45, 7) is -1.21. The Morgan fingerprint density at radius 1 is 1.56 bits per heavy atom. The van der Waals surface area contributed by atoms with Crippen molar-refractivity contribution in [2.45, 2.75) is 13.1 Å². The van der Waals surface area contributed by atoms with Gasteiger partial charge in [-0.15, -0.1) is 5.10 Å². The van der Waals surface area contributed by atoms with E-state index < -0.39 is 30.9 Å². The molecule has 0 bridgehead atoms. The lowest BCUT2D eigenvalue weighted by molar-refractivity contribution is -0.237. The van der Waals surface area contributed by atoms with Gasteiger partial charge in [0.15, 0.2) is 0 Å².